The molecule has 0 spiro atoms. The van der Waals surface area contributed by atoms with E-state index in [1.54, 1.807) is 6.07 Å². The molecule has 0 atom stereocenters. The first-order chi connectivity index (χ1) is 9.52. The Morgan fingerprint density at radius 2 is 2.00 bits per heavy atom. The Balaban J connectivity index is 2.28. The van der Waals surface area contributed by atoms with E-state index in [1.807, 2.05) is 22.6 Å². The summed E-state index contributed by atoms with van der Waals surface area (Å²) in [5.41, 5.74) is 0.642. The zero-order chi connectivity index (χ0) is 14.7. The predicted octanol–water partition coefficient (Wildman–Crippen LogP) is 4.00. The van der Waals surface area contributed by atoms with Crippen molar-refractivity contribution in [3.8, 4) is 5.75 Å². The Morgan fingerprint density at radius 3 is 2.65 bits per heavy atom. The highest BCUT2D eigenvalue weighted by Crippen LogP contribution is 2.22. The maximum atomic E-state index is 14.0. The average molecular weight is 388 g/mol. The van der Waals surface area contributed by atoms with Gasteiger partial charge >= 0.3 is 0 Å². The van der Waals surface area contributed by atoms with Gasteiger partial charge < -0.3 is 4.74 Å². The van der Waals surface area contributed by atoms with E-state index in [9.17, 15) is 13.6 Å². The van der Waals surface area contributed by atoms with Gasteiger partial charge in [-0.15, -0.1) is 0 Å². The monoisotopic (exact) mass is 388 g/mol. The first-order valence-electron chi connectivity index (χ1n) is 5.82. The molecule has 2 aromatic rings. The maximum absolute atomic E-state index is 14.0. The zero-order valence-electron chi connectivity index (χ0n) is 10.6. The molecule has 0 N–H and O–H groups in total. The lowest BCUT2D eigenvalue weighted by molar-refractivity contribution is 0.0991. The van der Waals surface area contributed by atoms with Crippen LogP contribution in [0.15, 0.2) is 36.4 Å². The van der Waals surface area contributed by atoms with Crippen LogP contribution in [0.1, 0.15) is 15.9 Å². The van der Waals surface area contributed by atoms with E-state index in [4.69, 9.17) is 4.74 Å². The number of Topliss-reactive ketones (excluding diaryl/α,β-unsaturated/α-hetero) is 1. The number of ketones is 1. The molecule has 0 heterocycles. The third-order valence-electron chi connectivity index (χ3n) is 2.85. The summed E-state index contributed by atoms with van der Waals surface area (Å²) < 4.78 is 32.4. The van der Waals surface area contributed by atoms with Crippen molar-refractivity contribution >= 4 is 28.4 Å². The second-order valence-corrected chi connectivity index (χ2v) is 5.32. The van der Waals surface area contributed by atoms with Crippen LogP contribution in [0.2, 0.25) is 0 Å². The molecule has 0 aliphatic heterocycles. The van der Waals surface area contributed by atoms with Crippen LogP contribution in [0.25, 0.3) is 0 Å². The minimum absolute atomic E-state index is 0.0926. The van der Waals surface area contributed by atoms with Crippen molar-refractivity contribution in [3.63, 3.8) is 0 Å². The number of hydrogen-bond acceptors (Lipinski definition) is 2. The highest BCUT2D eigenvalue weighted by molar-refractivity contribution is 14.1. The Bertz CT molecular complexity index is 656. The summed E-state index contributed by atoms with van der Waals surface area (Å²) in [5.74, 6) is -1.11. The van der Waals surface area contributed by atoms with E-state index in [0.717, 1.165) is 0 Å². The van der Waals surface area contributed by atoms with Crippen molar-refractivity contribution in [1.29, 1.82) is 0 Å². The molecule has 104 valence electrons. The summed E-state index contributed by atoms with van der Waals surface area (Å²) in [5, 5.41) is 0. The summed E-state index contributed by atoms with van der Waals surface area (Å²) in [6, 6.07) is 8.56. The molecule has 2 nitrogen and oxygen atoms in total. The highest BCUT2D eigenvalue weighted by Gasteiger charge is 2.15. The third kappa shape index (κ3) is 3.15. The normalized spacial score (nSPS) is 10.4. The van der Waals surface area contributed by atoms with Crippen LogP contribution in [0.4, 0.5) is 8.78 Å². The number of rotatable bonds is 4. The smallest absolute Gasteiger partial charge is 0.168 e. The molecule has 0 saturated heterocycles. The number of carbonyl (C=O) groups excluding carboxylic acids is 1. The zero-order valence-corrected chi connectivity index (χ0v) is 12.8. The molecule has 0 aliphatic carbocycles. The van der Waals surface area contributed by atoms with Gasteiger partial charge in [-0.25, -0.2) is 8.78 Å². The lowest BCUT2D eigenvalue weighted by Gasteiger charge is -2.08. The van der Waals surface area contributed by atoms with Crippen LogP contribution in [0, 0.1) is 15.2 Å². The summed E-state index contributed by atoms with van der Waals surface area (Å²) in [6.07, 6.45) is -0.0926. The predicted molar refractivity (Wildman–Crippen MR) is 80.1 cm³/mol. The topological polar surface area (TPSA) is 26.3 Å². The van der Waals surface area contributed by atoms with Gasteiger partial charge in [0.05, 0.1) is 7.11 Å². The molecule has 0 fully saturated rings. The number of methoxy groups -OCH3 is 1. The Kier molecular flexibility index (Phi) is 4.69. The molecule has 0 aliphatic rings. The summed E-state index contributed by atoms with van der Waals surface area (Å²) >= 11 is 1.89. The van der Waals surface area contributed by atoms with Crippen molar-refractivity contribution in [2.24, 2.45) is 0 Å². The minimum atomic E-state index is -0.541. The van der Waals surface area contributed by atoms with E-state index in [2.05, 4.69) is 0 Å². The van der Waals surface area contributed by atoms with Crippen molar-refractivity contribution in [1.82, 2.24) is 0 Å². The molecule has 20 heavy (non-hydrogen) atoms. The molecular weight excluding hydrogens is 377 g/mol. The Morgan fingerprint density at radius 1 is 1.25 bits per heavy atom. The summed E-state index contributed by atoms with van der Waals surface area (Å²) in [7, 11) is 1.37. The standard InChI is InChI=1S/C15H11F2IO2/c1-20-14-4-2-3-9(15(14)17)7-13(19)11-6-5-10(16)8-12(11)18/h2-6,8H,7H2,1H3. The Labute approximate surface area is 128 Å². The number of benzene rings is 2. The average Bonchev–Trinajstić information content (AvgIpc) is 2.41. The van der Waals surface area contributed by atoms with Gasteiger partial charge in [-0.3, -0.25) is 4.79 Å². The van der Waals surface area contributed by atoms with Crippen LogP contribution in [0.5, 0.6) is 5.75 Å². The molecule has 0 amide bonds. The Hall–Kier alpha value is -1.50. The van der Waals surface area contributed by atoms with E-state index < -0.39 is 11.6 Å². The molecule has 0 unspecified atom stereocenters. The fraction of sp³-hybridized carbons (Fsp3) is 0.133. The van der Waals surface area contributed by atoms with Gasteiger partial charge in [0.25, 0.3) is 0 Å². The van der Waals surface area contributed by atoms with Crippen LogP contribution in [0.3, 0.4) is 0 Å². The van der Waals surface area contributed by atoms with E-state index >= 15 is 0 Å². The third-order valence-corrected chi connectivity index (χ3v) is 3.74. The van der Waals surface area contributed by atoms with Gasteiger partial charge in [0.15, 0.2) is 17.3 Å². The van der Waals surface area contributed by atoms with Crippen molar-refractivity contribution in [2.75, 3.05) is 7.11 Å². The molecule has 2 rings (SSSR count). The van der Waals surface area contributed by atoms with E-state index in [0.29, 0.717) is 9.13 Å². The second-order valence-electron chi connectivity index (χ2n) is 4.16. The fourth-order valence-electron chi connectivity index (χ4n) is 1.83. The van der Waals surface area contributed by atoms with Crippen molar-refractivity contribution in [3.05, 3.63) is 62.7 Å². The van der Waals surface area contributed by atoms with Gasteiger partial charge in [-0.05, 0) is 52.4 Å². The molecular formula is C15H11F2IO2. The largest absolute Gasteiger partial charge is 0.494 e. The summed E-state index contributed by atoms with van der Waals surface area (Å²) in [6.45, 7) is 0. The molecule has 0 bridgehead atoms. The maximum Gasteiger partial charge on any atom is 0.168 e. The van der Waals surface area contributed by atoms with Crippen molar-refractivity contribution < 1.29 is 18.3 Å². The lowest BCUT2D eigenvalue weighted by atomic mass is 10.0. The molecule has 5 heteroatoms. The van der Waals surface area contributed by atoms with Crippen LogP contribution in [-0.2, 0) is 6.42 Å². The molecule has 0 saturated carbocycles. The minimum Gasteiger partial charge on any atom is -0.494 e. The number of halogens is 3. The highest BCUT2D eigenvalue weighted by atomic mass is 127. The van der Waals surface area contributed by atoms with Gasteiger partial charge in [0.2, 0.25) is 0 Å². The van der Waals surface area contributed by atoms with Gasteiger partial charge in [0, 0.05) is 15.6 Å². The lowest BCUT2D eigenvalue weighted by Crippen LogP contribution is -2.08. The fourth-order valence-corrected chi connectivity index (χ4v) is 2.61. The van der Waals surface area contributed by atoms with Crippen LogP contribution < -0.4 is 4.74 Å². The molecule has 0 aromatic heterocycles. The molecule has 0 radical (unpaired) electrons. The van der Waals surface area contributed by atoms with Gasteiger partial charge in [-0.1, -0.05) is 12.1 Å². The number of hydrogen-bond donors (Lipinski definition) is 0. The van der Waals surface area contributed by atoms with Crippen LogP contribution in [-0.4, -0.2) is 12.9 Å². The number of carbonyl (C=O) groups is 1. The number of ether oxygens (including phenoxy) is 1. The quantitative estimate of drug-likeness (QED) is 0.585. The summed E-state index contributed by atoms with van der Waals surface area (Å²) in [4.78, 5) is 12.2. The van der Waals surface area contributed by atoms with E-state index in [-0.39, 0.29) is 23.5 Å². The first kappa shape index (κ1) is 14.9. The first-order valence-corrected chi connectivity index (χ1v) is 6.90. The van der Waals surface area contributed by atoms with Crippen LogP contribution >= 0.6 is 22.6 Å². The van der Waals surface area contributed by atoms with E-state index in [1.165, 1.54) is 37.4 Å². The van der Waals surface area contributed by atoms with Crippen molar-refractivity contribution in [2.45, 2.75) is 6.42 Å². The SMILES string of the molecule is COc1cccc(CC(=O)c2ccc(F)cc2I)c1F. The molecule has 2 aromatic carbocycles. The van der Waals surface area contributed by atoms with Gasteiger partial charge in [-0.2, -0.15) is 0 Å². The van der Waals surface area contributed by atoms with Gasteiger partial charge in [0.1, 0.15) is 5.82 Å². The second kappa shape index (κ2) is 6.30.